The molecule has 1 aliphatic heterocycles. The van der Waals surface area contributed by atoms with E-state index in [1.54, 1.807) is 0 Å². The molecule has 1 aromatic heterocycles. The van der Waals surface area contributed by atoms with E-state index in [9.17, 15) is 19.8 Å². The Bertz CT molecular complexity index is 900. The zero-order valence-electron chi connectivity index (χ0n) is 16.5. The molecule has 11 heteroatoms. The van der Waals surface area contributed by atoms with Crippen molar-refractivity contribution in [1.82, 2.24) is 19.2 Å². The molecule has 3 N–H and O–H groups in total. The number of benzene rings is 1. The zero-order valence-corrected chi connectivity index (χ0v) is 17.3. The quantitative estimate of drug-likeness (QED) is 0.490. The van der Waals surface area contributed by atoms with E-state index in [2.05, 4.69) is 14.9 Å². The van der Waals surface area contributed by atoms with Crippen molar-refractivity contribution in [3.63, 3.8) is 0 Å². The molecule has 0 saturated carbocycles. The molecule has 0 amide bonds. The number of carboxylic acid groups (broad SMARTS) is 2. The van der Waals surface area contributed by atoms with Gasteiger partial charge in [0.1, 0.15) is 16.1 Å². The lowest BCUT2D eigenvalue weighted by molar-refractivity contribution is 0.213. The number of ether oxygens (including phenoxy) is 1. The molecule has 2 heterocycles. The Kier molecular flexibility index (Phi) is 6.83. The van der Waals surface area contributed by atoms with Gasteiger partial charge in [0.2, 0.25) is 11.8 Å². The molecule has 30 heavy (non-hydrogen) atoms. The molecule has 10 nitrogen and oxygen atoms in total. The summed E-state index contributed by atoms with van der Waals surface area (Å²) >= 11 is 0. The first kappa shape index (κ1) is 21.5. The van der Waals surface area contributed by atoms with E-state index < -0.39 is 21.0 Å². The van der Waals surface area contributed by atoms with Gasteiger partial charge in [-0.15, -0.1) is 10.2 Å². The van der Waals surface area contributed by atoms with Crippen molar-refractivity contribution in [2.24, 2.45) is 0 Å². The zero-order chi connectivity index (χ0) is 21.6. The molecule has 0 atom stereocenters. The van der Waals surface area contributed by atoms with Crippen LogP contribution in [0.15, 0.2) is 41.1 Å². The van der Waals surface area contributed by atoms with Gasteiger partial charge in [0, 0.05) is 30.9 Å². The first-order valence-corrected chi connectivity index (χ1v) is 11.1. The van der Waals surface area contributed by atoms with Crippen LogP contribution in [-0.4, -0.2) is 48.5 Å². The molecular formula is C19H24N4O6S. The van der Waals surface area contributed by atoms with Gasteiger partial charge < -0.3 is 28.4 Å². The molecule has 0 saturated heterocycles. The third-order valence-electron chi connectivity index (χ3n) is 4.50. The van der Waals surface area contributed by atoms with E-state index in [1.165, 1.54) is 16.7 Å². The molecular weight excluding hydrogens is 412 g/mol. The van der Waals surface area contributed by atoms with E-state index in [0.29, 0.717) is 37.8 Å². The summed E-state index contributed by atoms with van der Waals surface area (Å²) in [5, 5.41) is 23.9. The molecule has 2 aromatic rings. The highest BCUT2D eigenvalue weighted by Gasteiger charge is 2.47. The molecule has 0 radical (unpaired) electrons. The van der Waals surface area contributed by atoms with E-state index in [0.717, 1.165) is 24.2 Å². The SMILES string of the molecule is CCc1nnc(-c2ccc(OCCCCCN3C=CNS3(C(=O)O)C(=O)O)cc2)o1. The summed E-state index contributed by atoms with van der Waals surface area (Å²) < 4.78 is 15.1. The highest BCUT2D eigenvalue weighted by molar-refractivity contribution is 8.52. The van der Waals surface area contributed by atoms with Crippen LogP contribution < -0.4 is 9.46 Å². The highest BCUT2D eigenvalue weighted by atomic mass is 32.3. The highest BCUT2D eigenvalue weighted by Crippen LogP contribution is 2.52. The van der Waals surface area contributed by atoms with Crippen molar-refractivity contribution in [2.75, 3.05) is 13.2 Å². The largest absolute Gasteiger partial charge is 0.494 e. The molecule has 1 aliphatic rings. The maximum Gasteiger partial charge on any atom is 0.392 e. The molecule has 0 unspecified atom stereocenters. The number of aryl methyl sites for hydroxylation is 1. The molecule has 0 aliphatic carbocycles. The van der Waals surface area contributed by atoms with Crippen molar-refractivity contribution >= 4 is 21.0 Å². The summed E-state index contributed by atoms with van der Waals surface area (Å²) in [6.07, 6.45) is 5.75. The third-order valence-corrected chi connectivity index (χ3v) is 6.99. The Labute approximate surface area is 175 Å². The number of unbranched alkanes of at least 4 members (excludes halogenated alkanes) is 2. The van der Waals surface area contributed by atoms with E-state index in [-0.39, 0.29) is 0 Å². The number of aromatic nitrogens is 2. The van der Waals surface area contributed by atoms with Crippen LogP contribution in [0.3, 0.4) is 0 Å². The fraction of sp³-hybridized carbons (Fsp3) is 0.368. The number of nitrogens with zero attached hydrogens (tertiary/aromatic N) is 3. The second-order valence-electron chi connectivity index (χ2n) is 6.47. The van der Waals surface area contributed by atoms with Gasteiger partial charge in [-0.3, -0.25) is 0 Å². The first-order chi connectivity index (χ1) is 14.5. The predicted molar refractivity (Wildman–Crippen MR) is 111 cm³/mol. The number of nitrogens with one attached hydrogen (secondary N) is 1. The summed E-state index contributed by atoms with van der Waals surface area (Å²) in [4.78, 5) is 23.0. The van der Waals surface area contributed by atoms with E-state index >= 15 is 0 Å². The molecule has 162 valence electrons. The van der Waals surface area contributed by atoms with Crippen LogP contribution in [0.2, 0.25) is 0 Å². The molecule has 1 aromatic carbocycles. The number of hydrogen-bond acceptors (Lipinski definition) is 8. The summed E-state index contributed by atoms with van der Waals surface area (Å²) in [7, 11) is -3.14. The maximum absolute atomic E-state index is 11.5. The Hall–Kier alpha value is -3.21. The van der Waals surface area contributed by atoms with E-state index in [1.807, 2.05) is 31.2 Å². The van der Waals surface area contributed by atoms with Gasteiger partial charge >= 0.3 is 10.6 Å². The Morgan fingerprint density at radius 3 is 2.50 bits per heavy atom. The Balaban J connectivity index is 1.40. The van der Waals surface area contributed by atoms with Crippen LogP contribution in [0.25, 0.3) is 11.5 Å². The minimum Gasteiger partial charge on any atom is -0.494 e. The fourth-order valence-corrected chi connectivity index (χ4v) is 4.69. The monoisotopic (exact) mass is 436 g/mol. The molecule has 0 spiro atoms. The van der Waals surface area contributed by atoms with Gasteiger partial charge in [-0.1, -0.05) is 6.92 Å². The fourth-order valence-electron chi connectivity index (χ4n) is 2.90. The van der Waals surface area contributed by atoms with Crippen molar-refractivity contribution in [1.29, 1.82) is 0 Å². The summed E-state index contributed by atoms with van der Waals surface area (Å²) in [6, 6.07) is 7.39. The topological polar surface area (TPSA) is 138 Å². The minimum atomic E-state index is -3.14. The number of rotatable bonds is 9. The number of carbonyl (C=O) groups is 2. The normalized spacial score (nSPS) is 15.6. The minimum absolute atomic E-state index is 0.343. The third kappa shape index (κ3) is 4.51. The van der Waals surface area contributed by atoms with Gasteiger partial charge in [-0.2, -0.15) is 0 Å². The van der Waals surface area contributed by atoms with Crippen LogP contribution in [0, 0.1) is 0 Å². The molecule has 0 bridgehead atoms. The van der Waals surface area contributed by atoms with Crippen LogP contribution in [0.1, 0.15) is 32.1 Å². The first-order valence-electron chi connectivity index (χ1n) is 9.53. The van der Waals surface area contributed by atoms with Crippen LogP contribution in [-0.2, 0) is 6.42 Å². The second-order valence-corrected chi connectivity index (χ2v) is 9.04. The summed E-state index contributed by atoms with van der Waals surface area (Å²) in [5.41, 5.74) is 0.824. The standard InChI is InChI=1S/C19H24N4O6S/c1-2-16-21-22-17(29-16)14-6-8-15(9-7-14)28-13-5-3-4-11-23-12-10-20-30(23,18(24)25)19(26)27/h6-10,12,20H,2-5,11,13H2,1H3,(H,24,25)(H,26,27). The van der Waals surface area contributed by atoms with Gasteiger partial charge in [0.05, 0.1) is 6.61 Å². The summed E-state index contributed by atoms with van der Waals surface area (Å²) in [6.45, 7) is 2.79. The lowest BCUT2D eigenvalue weighted by atomic mass is 10.2. The maximum atomic E-state index is 11.5. The summed E-state index contributed by atoms with van der Waals surface area (Å²) in [5.74, 6) is 1.79. The van der Waals surface area contributed by atoms with Crippen LogP contribution >= 0.6 is 10.4 Å². The van der Waals surface area contributed by atoms with Crippen molar-refractivity contribution in [3.8, 4) is 17.2 Å². The lowest BCUT2D eigenvalue weighted by Gasteiger charge is -2.35. The Morgan fingerprint density at radius 2 is 1.87 bits per heavy atom. The average Bonchev–Trinajstić information content (AvgIpc) is 3.38. The van der Waals surface area contributed by atoms with Crippen LogP contribution in [0.4, 0.5) is 9.59 Å². The van der Waals surface area contributed by atoms with Gasteiger partial charge in [0.25, 0.3) is 0 Å². The predicted octanol–water partition coefficient (Wildman–Crippen LogP) is 4.22. The van der Waals surface area contributed by atoms with Crippen molar-refractivity contribution in [2.45, 2.75) is 32.6 Å². The van der Waals surface area contributed by atoms with Crippen molar-refractivity contribution in [3.05, 3.63) is 42.6 Å². The van der Waals surface area contributed by atoms with Gasteiger partial charge in [-0.05, 0) is 43.5 Å². The van der Waals surface area contributed by atoms with Crippen LogP contribution in [0.5, 0.6) is 5.75 Å². The van der Waals surface area contributed by atoms with Gasteiger partial charge in [-0.25, -0.2) is 9.59 Å². The smallest absolute Gasteiger partial charge is 0.392 e. The van der Waals surface area contributed by atoms with E-state index in [4.69, 9.17) is 9.15 Å². The molecule has 0 fully saturated rings. The second kappa shape index (κ2) is 9.53. The molecule has 3 rings (SSSR count). The van der Waals surface area contributed by atoms with Gasteiger partial charge in [0.15, 0.2) is 0 Å². The number of hydrogen-bond donors (Lipinski definition) is 3. The Morgan fingerprint density at radius 1 is 1.13 bits per heavy atom. The van der Waals surface area contributed by atoms with Crippen molar-refractivity contribution < 1.29 is 29.0 Å². The average molecular weight is 436 g/mol. The lowest BCUT2D eigenvalue weighted by Crippen LogP contribution is -2.37.